The molecular formula is C10H8BrClS. The molecule has 1 aromatic carbocycles. The predicted octanol–water partition coefficient (Wildman–Crippen LogP) is 4.79. The van der Waals surface area contributed by atoms with E-state index in [0.717, 1.165) is 4.47 Å². The first-order valence-corrected chi connectivity index (χ1v) is 6.48. The summed E-state index contributed by atoms with van der Waals surface area (Å²) in [6, 6.07) is 6.24. The Kier molecular flexibility index (Phi) is 2.72. The molecule has 3 heteroatoms. The molecule has 1 aliphatic carbocycles. The van der Waals surface area contributed by atoms with Crippen LogP contribution in [0.5, 0.6) is 0 Å². The minimum Gasteiger partial charge on any atom is -0.0608 e. The average Bonchev–Trinajstić information content (AvgIpc) is 2.43. The quantitative estimate of drug-likeness (QED) is 0.710. The van der Waals surface area contributed by atoms with Crippen molar-refractivity contribution in [2.75, 3.05) is 0 Å². The van der Waals surface area contributed by atoms with Crippen LogP contribution in [0.1, 0.15) is 23.3 Å². The molecule has 1 aromatic rings. The fourth-order valence-electron chi connectivity index (χ4n) is 1.60. The third-order valence-electron chi connectivity index (χ3n) is 2.24. The van der Waals surface area contributed by atoms with Crippen molar-refractivity contribution in [1.29, 1.82) is 0 Å². The lowest BCUT2D eigenvalue weighted by molar-refractivity contribution is 1.16. The Morgan fingerprint density at radius 1 is 1.46 bits per heavy atom. The number of hydrogen-bond acceptors (Lipinski definition) is 1. The van der Waals surface area contributed by atoms with Gasteiger partial charge < -0.3 is 0 Å². The molecule has 0 bridgehead atoms. The normalized spacial score (nSPS) is 19.9. The van der Waals surface area contributed by atoms with E-state index in [9.17, 15) is 0 Å². The van der Waals surface area contributed by atoms with Crippen molar-refractivity contribution in [2.45, 2.75) is 12.2 Å². The Bertz CT molecular complexity index is 373. The third kappa shape index (κ3) is 1.56. The van der Waals surface area contributed by atoms with E-state index >= 15 is 0 Å². The van der Waals surface area contributed by atoms with Crippen LogP contribution in [-0.4, -0.2) is 0 Å². The summed E-state index contributed by atoms with van der Waals surface area (Å²) >= 11 is 3.53. The molecule has 13 heavy (non-hydrogen) atoms. The lowest BCUT2D eigenvalue weighted by Crippen LogP contribution is -1.88. The number of hydrogen-bond donors (Lipinski definition) is 0. The van der Waals surface area contributed by atoms with E-state index in [0.29, 0.717) is 5.25 Å². The highest BCUT2D eigenvalue weighted by atomic mass is 79.9. The molecular weight excluding hydrogens is 268 g/mol. The van der Waals surface area contributed by atoms with Gasteiger partial charge in [0.1, 0.15) is 0 Å². The van der Waals surface area contributed by atoms with Crippen LogP contribution in [0.25, 0.3) is 6.08 Å². The monoisotopic (exact) mass is 274 g/mol. The summed E-state index contributed by atoms with van der Waals surface area (Å²) in [5.41, 5.74) is 3.91. The van der Waals surface area contributed by atoms with Crippen LogP contribution in [0.4, 0.5) is 0 Å². The molecule has 0 fully saturated rings. The predicted molar refractivity (Wildman–Crippen MR) is 64.0 cm³/mol. The van der Waals surface area contributed by atoms with Crippen LogP contribution in [0.15, 0.2) is 28.2 Å². The number of benzene rings is 1. The van der Waals surface area contributed by atoms with Gasteiger partial charge in [-0.1, -0.05) is 39.7 Å². The molecule has 0 spiro atoms. The summed E-state index contributed by atoms with van der Waals surface area (Å²) in [4.78, 5) is 0. The molecule has 0 aromatic heterocycles. The molecule has 0 aliphatic heterocycles. The van der Waals surface area contributed by atoms with Crippen molar-refractivity contribution in [3.05, 3.63) is 39.4 Å². The van der Waals surface area contributed by atoms with E-state index in [-0.39, 0.29) is 0 Å². The summed E-state index contributed by atoms with van der Waals surface area (Å²) in [6.07, 6.45) is 2.19. The smallest absolute Gasteiger partial charge is 0.0608 e. The number of halogens is 2. The number of rotatable bonds is 1. The fraction of sp³-hybridized carbons (Fsp3) is 0.200. The van der Waals surface area contributed by atoms with E-state index in [2.05, 4.69) is 47.1 Å². The first-order chi connectivity index (χ1) is 6.24. The molecule has 0 saturated heterocycles. The SMILES string of the molecule is CC1=Cc2c(Br)cccc2C1SCl. The fourth-order valence-corrected chi connectivity index (χ4v) is 3.32. The largest absolute Gasteiger partial charge is 0.0665 e. The van der Waals surface area contributed by atoms with Gasteiger partial charge in [-0.3, -0.25) is 0 Å². The van der Waals surface area contributed by atoms with Crippen molar-refractivity contribution >= 4 is 43.7 Å². The summed E-state index contributed by atoms with van der Waals surface area (Å²) in [7, 11) is 7.22. The Labute approximate surface area is 95.0 Å². The summed E-state index contributed by atoms with van der Waals surface area (Å²) in [6.45, 7) is 2.12. The molecule has 0 amide bonds. The summed E-state index contributed by atoms with van der Waals surface area (Å²) in [5.74, 6) is 0. The van der Waals surface area contributed by atoms with Gasteiger partial charge in [0.15, 0.2) is 0 Å². The molecule has 1 unspecified atom stereocenters. The Balaban J connectivity index is 2.57. The Morgan fingerprint density at radius 2 is 2.23 bits per heavy atom. The maximum atomic E-state index is 5.84. The molecule has 68 valence electrons. The highest BCUT2D eigenvalue weighted by Gasteiger charge is 2.23. The maximum absolute atomic E-state index is 5.84. The molecule has 0 radical (unpaired) electrons. The van der Waals surface area contributed by atoms with Gasteiger partial charge in [-0.05, 0) is 45.8 Å². The average molecular weight is 276 g/mol. The maximum Gasteiger partial charge on any atom is 0.0665 e. The first-order valence-electron chi connectivity index (χ1n) is 3.98. The molecule has 1 aliphatic rings. The van der Waals surface area contributed by atoms with Crippen molar-refractivity contribution in [3.63, 3.8) is 0 Å². The molecule has 1 atom stereocenters. The van der Waals surface area contributed by atoms with Crippen LogP contribution in [0, 0.1) is 0 Å². The zero-order valence-corrected chi connectivity index (χ0v) is 10.2. The second-order valence-electron chi connectivity index (χ2n) is 3.10. The molecule has 0 heterocycles. The number of fused-ring (bicyclic) bond motifs is 1. The van der Waals surface area contributed by atoms with Crippen LogP contribution in [-0.2, 0) is 0 Å². The second kappa shape index (κ2) is 3.68. The molecule has 2 rings (SSSR count). The van der Waals surface area contributed by atoms with E-state index in [1.54, 1.807) is 0 Å². The van der Waals surface area contributed by atoms with Crippen molar-refractivity contribution in [3.8, 4) is 0 Å². The van der Waals surface area contributed by atoms with Crippen LogP contribution in [0.2, 0.25) is 0 Å². The Hall–Kier alpha value is 0.0800. The second-order valence-corrected chi connectivity index (χ2v) is 5.14. The topological polar surface area (TPSA) is 0 Å². The van der Waals surface area contributed by atoms with Gasteiger partial charge in [0.25, 0.3) is 0 Å². The molecule has 0 nitrogen and oxygen atoms in total. The van der Waals surface area contributed by atoms with Crippen molar-refractivity contribution in [1.82, 2.24) is 0 Å². The summed E-state index contributed by atoms with van der Waals surface area (Å²) in [5, 5.41) is 0.328. The molecule has 0 N–H and O–H groups in total. The highest BCUT2D eigenvalue weighted by Crippen LogP contribution is 2.46. The van der Waals surface area contributed by atoms with Gasteiger partial charge >= 0.3 is 0 Å². The third-order valence-corrected chi connectivity index (χ3v) is 4.27. The van der Waals surface area contributed by atoms with Gasteiger partial charge in [0.2, 0.25) is 0 Å². The van der Waals surface area contributed by atoms with Gasteiger partial charge in [-0.15, -0.1) is 0 Å². The lowest BCUT2D eigenvalue weighted by Gasteiger charge is -2.09. The van der Waals surface area contributed by atoms with Crippen molar-refractivity contribution in [2.24, 2.45) is 0 Å². The van der Waals surface area contributed by atoms with Crippen molar-refractivity contribution < 1.29 is 0 Å². The minimum absolute atomic E-state index is 0.328. The van der Waals surface area contributed by atoms with Crippen LogP contribution >= 0.6 is 37.6 Å². The zero-order chi connectivity index (χ0) is 9.42. The van der Waals surface area contributed by atoms with E-state index < -0.39 is 0 Å². The Morgan fingerprint density at radius 3 is 2.92 bits per heavy atom. The summed E-state index contributed by atoms with van der Waals surface area (Å²) < 4.78 is 1.15. The lowest BCUT2D eigenvalue weighted by atomic mass is 10.1. The van der Waals surface area contributed by atoms with Crippen LogP contribution in [0.3, 0.4) is 0 Å². The standard InChI is InChI=1S/C10H8BrClS/c1-6-5-8-7(10(6)13-12)3-2-4-9(8)11/h2-5,10H,1H3. The minimum atomic E-state index is 0.328. The van der Waals surface area contributed by atoms with Gasteiger partial charge in [-0.25, -0.2) is 0 Å². The van der Waals surface area contributed by atoms with E-state index in [1.807, 2.05) is 0 Å². The first kappa shape index (κ1) is 9.63. The highest BCUT2D eigenvalue weighted by molar-refractivity contribution is 9.10. The van der Waals surface area contributed by atoms with E-state index in [4.69, 9.17) is 10.7 Å². The van der Waals surface area contributed by atoms with Gasteiger partial charge in [-0.2, -0.15) is 0 Å². The van der Waals surface area contributed by atoms with Gasteiger partial charge in [0, 0.05) is 4.47 Å². The zero-order valence-electron chi connectivity index (χ0n) is 7.05. The molecule has 0 saturated carbocycles. The van der Waals surface area contributed by atoms with E-state index in [1.165, 1.54) is 27.7 Å². The van der Waals surface area contributed by atoms with Gasteiger partial charge in [0.05, 0.1) is 5.25 Å². The van der Waals surface area contributed by atoms with Crippen LogP contribution < -0.4 is 0 Å².